The van der Waals surface area contributed by atoms with Crippen LogP contribution in [-0.4, -0.2) is 29.2 Å². The quantitative estimate of drug-likeness (QED) is 0.518. The zero-order chi connectivity index (χ0) is 8.15. The van der Waals surface area contributed by atoms with Gasteiger partial charge in [0, 0.05) is 14.1 Å². The summed E-state index contributed by atoms with van der Waals surface area (Å²) >= 11 is 9.48. The second-order valence-electron chi connectivity index (χ2n) is 2.54. The van der Waals surface area contributed by atoms with E-state index in [0.29, 0.717) is 0 Å². The second kappa shape index (κ2) is 4.97. The maximum absolute atomic E-state index is 5.12. The van der Waals surface area contributed by atoms with E-state index < -0.39 is 0 Å². The van der Waals surface area contributed by atoms with Gasteiger partial charge in [0.25, 0.3) is 0 Å². The van der Waals surface area contributed by atoms with Crippen molar-refractivity contribution in [2.45, 2.75) is 25.0 Å². The summed E-state index contributed by atoms with van der Waals surface area (Å²) in [4.78, 5) is 2.88. The zero-order valence-corrected chi connectivity index (χ0v) is 8.51. The van der Waals surface area contributed by atoms with Gasteiger partial charge in [-0.1, -0.05) is 25.6 Å². The summed E-state index contributed by atoms with van der Waals surface area (Å²) < 4.78 is 0. The highest BCUT2D eigenvalue weighted by atomic mass is 32.1. The van der Waals surface area contributed by atoms with Gasteiger partial charge in [0.1, 0.15) is 0 Å². The standard InChI is InChI=1S/C7H15NS2/c1-4-5-6(9)7(10)8(2)3/h6,9H,4-5H2,1-3H3. The first-order chi connectivity index (χ1) is 4.59. The molecule has 0 aromatic carbocycles. The molecule has 0 aliphatic carbocycles. The molecule has 0 aromatic heterocycles. The number of nitrogens with zero attached hydrogens (tertiary/aromatic N) is 1. The Balaban J connectivity index is 3.71. The Morgan fingerprint density at radius 2 is 2.10 bits per heavy atom. The van der Waals surface area contributed by atoms with Gasteiger partial charge in [-0.2, -0.15) is 12.6 Å². The largest absolute Gasteiger partial charge is 0.371 e. The molecule has 0 spiro atoms. The second-order valence-corrected chi connectivity index (χ2v) is 3.58. The predicted molar refractivity (Wildman–Crippen MR) is 54.0 cm³/mol. The lowest BCUT2D eigenvalue weighted by Crippen LogP contribution is -2.28. The van der Waals surface area contributed by atoms with Crippen LogP contribution in [0.2, 0.25) is 0 Å². The van der Waals surface area contributed by atoms with Crippen LogP contribution in [0.25, 0.3) is 0 Å². The van der Waals surface area contributed by atoms with Crippen LogP contribution in [0.4, 0.5) is 0 Å². The molecule has 0 rings (SSSR count). The van der Waals surface area contributed by atoms with Crippen molar-refractivity contribution in [3.8, 4) is 0 Å². The van der Waals surface area contributed by atoms with Gasteiger partial charge in [0.2, 0.25) is 0 Å². The molecule has 1 unspecified atom stereocenters. The summed E-state index contributed by atoms with van der Waals surface area (Å²) in [7, 11) is 3.92. The van der Waals surface area contributed by atoms with E-state index in [1.807, 2.05) is 19.0 Å². The van der Waals surface area contributed by atoms with E-state index >= 15 is 0 Å². The van der Waals surface area contributed by atoms with Crippen molar-refractivity contribution in [2.75, 3.05) is 14.1 Å². The molecule has 3 heteroatoms. The smallest absolute Gasteiger partial charge is 0.0903 e. The van der Waals surface area contributed by atoms with Gasteiger partial charge in [-0.25, -0.2) is 0 Å². The number of hydrogen-bond donors (Lipinski definition) is 1. The van der Waals surface area contributed by atoms with Gasteiger partial charge in [-0.3, -0.25) is 0 Å². The van der Waals surface area contributed by atoms with Crippen LogP contribution in [0.15, 0.2) is 0 Å². The van der Waals surface area contributed by atoms with Crippen LogP contribution in [0, 0.1) is 0 Å². The monoisotopic (exact) mass is 177 g/mol. The first-order valence-corrected chi connectivity index (χ1v) is 4.41. The number of thiocarbonyl (C=S) groups is 1. The number of hydrogen-bond acceptors (Lipinski definition) is 2. The molecule has 1 atom stereocenters. The highest BCUT2D eigenvalue weighted by molar-refractivity contribution is 7.86. The van der Waals surface area contributed by atoms with Gasteiger partial charge in [-0.05, 0) is 6.42 Å². The van der Waals surface area contributed by atoms with E-state index in [0.717, 1.165) is 17.8 Å². The molecular formula is C7H15NS2. The molecule has 1 nitrogen and oxygen atoms in total. The van der Waals surface area contributed by atoms with Crippen LogP contribution < -0.4 is 0 Å². The van der Waals surface area contributed by atoms with E-state index in [2.05, 4.69) is 19.6 Å². The fourth-order valence-electron chi connectivity index (χ4n) is 0.695. The topological polar surface area (TPSA) is 3.24 Å². The normalized spacial score (nSPS) is 12.8. The van der Waals surface area contributed by atoms with Crippen molar-refractivity contribution < 1.29 is 0 Å². The molecule has 0 bridgehead atoms. The molecule has 0 aliphatic heterocycles. The SMILES string of the molecule is CCCC(S)C(=S)N(C)C. The summed E-state index contributed by atoms with van der Waals surface area (Å²) in [6.45, 7) is 2.14. The van der Waals surface area contributed by atoms with Crippen molar-refractivity contribution in [2.24, 2.45) is 0 Å². The first-order valence-electron chi connectivity index (χ1n) is 3.48. The molecule has 0 aliphatic rings. The average Bonchev–Trinajstić information content (AvgIpc) is 1.87. The van der Waals surface area contributed by atoms with Gasteiger partial charge < -0.3 is 4.90 Å². The first kappa shape index (κ1) is 10.2. The molecule has 0 heterocycles. The third-order valence-electron chi connectivity index (χ3n) is 1.29. The van der Waals surface area contributed by atoms with Crippen molar-refractivity contribution >= 4 is 29.8 Å². The summed E-state index contributed by atoms with van der Waals surface area (Å²) in [5.41, 5.74) is 0. The van der Waals surface area contributed by atoms with Gasteiger partial charge in [0.15, 0.2) is 0 Å². The van der Waals surface area contributed by atoms with E-state index in [1.54, 1.807) is 0 Å². The lowest BCUT2D eigenvalue weighted by Gasteiger charge is -2.18. The Morgan fingerprint density at radius 3 is 2.40 bits per heavy atom. The number of thiol groups is 1. The lowest BCUT2D eigenvalue weighted by atomic mass is 10.2. The van der Waals surface area contributed by atoms with E-state index in [1.165, 1.54) is 0 Å². The Morgan fingerprint density at radius 1 is 1.60 bits per heavy atom. The molecular weight excluding hydrogens is 162 g/mol. The summed E-state index contributed by atoms with van der Waals surface area (Å²) in [5, 5.41) is 0.259. The van der Waals surface area contributed by atoms with Gasteiger partial charge in [0.05, 0.1) is 10.2 Å². The summed E-state index contributed by atoms with van der Waals surface area (Å²) in [5.74, 6) is 0. The van der Waals surface area contributed by atoms with Crippen molar-refractivity contribution in [1.82, 2.24) is 4.90 Å². The van der Waals surface area contributed by atoms with Crippen LogP contribution in [0.1, 0.15) is 19.8 Å². The maximum atomic E-state index is 5.12. The van der Waals surface area contributed by atoms with E-state index in [-0.39, 0.29) is 5.25 Å². The summed E-state index contributed by atoms with van der Waals surface area (Å²) in [6.07, 6.45) is 2.21. The van der Waals surface area contributed by atoms with Crippen LogP contribution >= 0.6 is 24.8 Å². The molecule has 60 valence electrons. The molecule has 0 N–H and O–H groups in total. The molecule has 0 fully saturated rings. The fourth-order valence-corrected chi connectivity index (χ4v) is 1.30. The Hall–Kier alpha value is 0.240. The van der Waals surface area contributed by atoms with E-state index in [4.69, 9.17) is 12.2 Å². The Bertz CT molecular complexity index is 112. The van der Waals surface area contributed by atoms with Gasteiger partial charge in [-0.15, -0.1) is 0 Å². The van der Waals surface area contributed by atoms with Crippen molar-refractivity contribution in [3.63, 3.8) is 0 Å². The van der Waals surface area contributed by atoms with Crippen molar-refractivity contribution in [3.05, 3.63) is 0 Å². The molecule has 0 aromatic rings. The zero-order valence-electron chi connectivity index (χ0n) is 6.79. The Labute approximate surface area is 74.2 Å². The minimum atomic E-state index is 0.259. The van der Waals surface area contributed by atoms with Crippen molar-refractivity contribution in [1.29, 1.82) is 0 Å². The van der Waals surface area contributed by atoms with E-state index in [9.17, 15) is 0 Å². The predicted octanol–water partition coefficient (Wildman–Crippen LogP) is 1.97. The number of rotatable bonds is 3. The van der Waals surface area contributed by atoms with Gasteiger partial charge >= 0.3 is 0 Å². The average molecular weight is 177 g/mol. The lowest BCUT2D eigenvalue weighted by molar-refractivity contribution is 0.613. The molecule has 10 heavy (non-hydrogen) atoms. The van der Waals surface area contributed by atoms with Crippen LogP contribution in [0.5, 0.6) is 0 Å². The minimum Gasteiger partial charge on any atom is -0.371 e. The third-order valence-corrected chi connectivity index (χ3v) is 2.62. The maximum Gasteiger partial charge on any atom is 0.0903 e. The summed E-state index contributed by atoms with van der Waals surface area (Å²) in [6, 6.07) is 0. The molecule has 0 amide bonds. The molecule has 0 radical (unpaired) electrons. The highest BCUT2D eigenvalue weighted by Gasteiger charge is 2.08. The van der Waals surface area contributed by atoms with Crippen LogP contribution in [0.3, 0.4) is 0 Å². The highest BCUT2D eigenvalue weighted by Crippen LogP contribution is 2.08. The fraction of sp³-hybridized carbons (Fsp3) is 0.857. The molecule has 0 saturated heterocycles. The third kappa shape index (κ3) is 3.42. The minimum absolute atomic E-state index is 0.259. The van der Waals surface area contributed by atoms with Crippen LogP contribution in [-0.2, 0) is 0 Å². The Kier molecular flexibility index (Phi) is 5.09. The molecule has 0 saturated carbocycles.